The molecular formula is C41H73N5O7. The Morgan fingerprint density at radius 2 is 1.58 bits per heavy atom. The summed E-state index contributed by atoms with van der Waals surface area (Å²) >= 11 is 0. The van der Waals surface area contributed by atoms with Crippen LogP contribution in [0.15, 0.2) is 36.5 Å². The summed E-state index contributed by atoms with van der Waals surface area (Å²) in [7, 11) is 8.55. The number of aliphatic hydroxyl groups is 1. The highest BCUT2D eigenvalue weighted by molar-refractivity contribution is 5.90. The van der Waals surface area contributed by atoms with Gasteiger partial charge in [0.25, 0.3) is 0 Å². The van der Waals surface area contributed by atoms with Gasteiger partial charge in [-0.1, -0.05) is 85.8 Å². The van der Waals surface area contributed by atoms with Gasteiger partial charge in [0.05, 0.1) is 54.8 Å². The van der Waals surface area contributed by atoms with Crippen molar-refractivity contribution in [2.45, 2.75) is 137 Å². The minimum atomic E-state index is -0.957. The van der Waals surface area contributed by atoms with E-state index in [4.69, 9.17) is 9.47 Å². The van der Waals surface area contributed by atoms with Gasteiger partial charge in [-0.3, -0.25) is 24.1 Å². The standard InChI is InChI=1S/C41H73N5O7/c1-16-19-21-30(18-3)37(48)29(10)42-39(49)28(9)38(53-15)31-22-20-23-46(31)33(47)24-32(52-14)36(27(8)17-2)45(13)41(51)34(25(4)5)43-40(50)35(26(6)7)44(11)12/h16,18-19,21,25-29,31-32,34-38,48H,3,17,20,22-24H2,1-2,4-15H3,(H,42,49)(H,43,50)/b19-16-,30-21+/t27?,28?,29?,31?,32?,34-,35?,36?,37?,38?/m0/s1. The van der Waals surface area contributed by atoms with E-state index in [-0.39, 0.29) is 53.8 Å². The average molecular weight is 748 g/mol. The van der Waals surface area contributed by atoms with Gasteiger partial charge in [0.1, 0.15) is 6.04 Å². The van der Waals surface area contributed by atoms with Crippen molar-refractivity contribution in [3.05, 3.63) is 36.5 Å². The SMILES string of the molecule is C=C/C(=C\C=C/C)C(O)C(C)NC(=O)C(C)C(OC)C1CCCN1C(=O)CC(OC)C(C(C)CC)N(C)C(=O)[C@@H](NC(=O)C(C(C)C)N(C)C)C(C)C. The molecule has 10 atom stereocenters. The fourth-order valence-electron chi connectivity index (χ4n) is 7.63. The Morgan fingerprint density at radius 3 is 2.06 bits per heavy atom. The number of nitrogens with one attached hydrogen (secondary N) is 2. The van der Waals surface area contributed by atoms with Crippen molar-refractivity contribution in [2.24, 2.45) is 23.7 Å². The van der Waals surface area contributed by atoms with E-state index in [0.29, 0.717) is 18.5 Å². The number of ether oxygens (including phenoxy) is 2. The van der Waals surface area contributed by atoms with Gasteiger partial charge in [-0.2, -0.15) is 0 Å². The van der Waals surface area contributed by atoms with Gasteiger partial charge >= 0.3 is 0 Å². The third-order valence-corrected chi connectivity index (χ3v) is 10.8. The van der Waals surface area contributed by atoms with Crippen molar-refractivity contribution >= 4 is 23.6 Å². The Morgan fingerprint density at radius 1 is 0.962 bits per heavy atom. The van der Waals surface area contributed by atoms with E-state index in [9.17, 15) is 24.3 Å². The van der Waals surface area contributed by atoms with Crippen LogP contribution in [0.2, 0.25) is 0 Å². The molecule has 0 radical (unpaired) electrons. The van der Waals surface area contributed by atoms with Crippen molar-refractivity contribution in [3.63, 3.8) is 0 Å². The topological polar surface area (TPSA) is 141 Å². The molecule has 12 heteroatoms. The maximum Gasteiger partial charge on any atom is 0.245 e. The largest absolute Gasteiger partial charge is 0.386 e. The van der Waals surface area contributed by atoms with E-state index in [2.05, 4.69) is 17.2 Å². The number of carbonyl (C=O) groups excluding carboxylic acids is 4. The maximum atomic E-state index is 14.2. The average Bonchev–Trinajstić information content (AvgIpc) is 3.59. The predicted molar refractivity (Wildman–Crippen MR) is 212 cm³/mol. The Balaban J connectivity index is 3.26. The first-order valence-corrected chi connectivity index (χ1v) is 19.4. The Kier molecular flexibility index (Phi) is 20.8. The zero-order valence-electron chi connectivity index (χ0n) is 35.2. The fraction of sp³-hybridized carbons (Fsp3) is 0.756. The van der Waals surface area contributed by atoms with E-state index in [1.54, 1.807) is 63.1 Å². The third kappa shape index (κ3) is 13.0. The number of nitrogens with zero attached hydrogens (tertiary/aromatic N) is 3. The molecule has 0 saturated carbocycles. The number of carbonyl (C=O) groups is 4. The van der Waals surface area contributed by atoms with Gasteiger partial charge in [-0.25, -0.2) is 0 Å². The molecular weight excluding hydrogens is 674 g/mol. The van der Waals surface area contributed by atoms with Crippen molar-refractivity contribution in [2.75, 3.05) is 41.9 Å². The molecule has 0 aromatic rings. The quantitative estimate of drug-likeness (QED) is 0.140. The molecule has 9 unspecified atom stereocenters. The molecule has 3 N–H and O–H groups in total. The van der Waals surface area contributed by atoms with Crippen molar-refractivity contribution < 1.29 is 33.8 Å². The third-order valence-electron chi connectivity index (χ3n) is 10.8. The smallest absolute Gasteiger partial charge is 0.245 e. The number of likely N-dealkylation sites (tertiary alicyclic amines) is 1. The minimum absolute atomic E-state index is 0.0213. The monoisotopic (exact) mass is 748 g/mol. The summed E-state index contributed by atoms with van der Waals surface area (Å²) in [6.07, 6.45) is 6.98. The summed E-state index contributed by atoms with van der Waals surface area (Å²) in [5.41, 5.74) is 0.587. The van der Waals surface area contributed by atoms with E-state index < -0.39 is 48.4 Å². The summed E-state index contributed by atoms with van der Waals surface area (Å²) in [6.45, 7) is 21.5. The fourth-order valence-corrected chi connectivity index (χ4v) is 7.63. The van der Waals surface area contributed by atoms with Gasteiger partial charge in [-0.15, -0.1) is 0 Å². The van der Waals surface area contributed by atoms with E-state index >= 15 is 0 Å². The van der Waals surface area contributed by atoms with E-state index in [1.165, 1.54) is 0 Å². The summed E-state index contributed by atoms with van der Waals surface area (Å²) < 4.78 is 11.9. The van der Waals surface area contributed by atoms with E-state index in [0.717, 1.165) is 12.8 Å². The van der Waals surface area contributed by atoms with E-state index in [1.807, 2.05) is 73.5 Å². The van der Waals surface area contributed by atoms with Gasteiger partial charge in [0, 0.05) is 27.8 Å². The van der Waals surface area contributed by atoms with Crippen LogP contribution in [0.1, 0.15) is 88.0 Å². The maximum absolute atomic E-state index is 14.2. The van der Waals surface area contributed by atoms with Gasteiger partial charge in [-0.05, 0) is 64.1 Å². The lowest BCUT2D eigenvalue weighted by atomic mass is 9.89. The number of allylic oxidation sites excluding steroid dienone is 3. The molecule has 0 aliphatic carbocycles. The van der Waals surface area contributed by atoms with Crippen molar-refractivity contribution in [1.29, 1.82) is 0 Å². The number of rotatable bonds is 22. The first-order valence-electron chi connectivity index (χ1n) is 19.4. The summed E-state index contributed by atoms with van der Waals surface area (Å²) in [5.74, 6) is -1.64. The van der Waals surface area contributed by atoms with Crippen LogP contribution in [0, 0.1) is 23.7 Å². The lowest BCUT2D eigenvalue weighted by Crippen LogP contribution is -2.59. The summed E-state index contributed by atoms with van der Waals surface area (Å²) in [4.78, 5) is 60.6. The molecule has 1 aliphatic rings. The molecule has 0 bridgehead atoms. The lowest BCUT2D eigenvalue weighted by molar-refractivity contribution is -0.148. The van der Waals surface area contributed by atoms with Gasteiger partial charge < -0.3 is 35.0 Å². The van der Waals surface area contributed by atoms with Crippen molar-refractivity contribution in [1.82, 2.24) is 25.3 Å². The first-order chi connectivity index (χ1) is 24.8. The highest BCUT2D eigenvalue weighted by Gasteiger charge is 2.43. The molecule has 0 spiro atoms. The predicted octanol–water partition coefficient (Wildman–Crippen LogP) is 4.19. The Labute approximate surface area is 320 Å². The summed E-state index contributed by atoms with van der Waals surface area (Å²) in [5, 5.41) is 16.8. The van der Waals surface area contributed by atoms with Crippen molar-refractivity contribution in [3.8, 4) is 0 Å². The number of hydrogen-bond donors (Lipinski definition) is 3. The number of amides is 4. The van der Waals surface area contributed by atoms with Crippen LogP contribution in [0.4, 0.5) is 0 Å². The zero-order chi connectivity index (χ0) is 40.7. The van der Waals surface area contributed by atoms with Crippen LogP contribution in [0.3, 0.4) is 0 Å². The molecule has 0 aromatic carbocycles. The number of aliphatic hydroxyl groups excluding tert-OH is 1. The van der Waals surface area contributed by atoms with Gasteiger partial charge in [0.2, 0.25) is 23.6 Å². The highest BCUT2D eigenvalue weighted by Crippen LogP contribution is 2.30. The molecule has 1 heterocycles. The number of likely N-dealkylation sites (N-methyl/N-ethyl adjacent to an activating group) is 2. The molecule has 1 saturated heterocycles. The molecule has 4 amide bonds. The first kappa shape index (κ1) is 48.0. The van der Waals surface area contributed by atoms with Crippen LogP contribution >= 0.6 is 0 Å². The van der Waals surface area contributed by atoms with Crippen LogP contribution in [-0.2, 0) is 28.7 Å². The molecule has 1 fully saturated rings. The molecule has 53 heavy (non-hydrogen) atoms. The lowest BCUT2D eigenvalue weighted by Gasteiger charge is -2.41. The second-order valence-corrected chi connectivity index (χ2v) is 15.6. The molecule has 0 aromatic heterocycles. The van der Waals surface area contributed by atoms with Gasteiger partial charge in [0.15, 0.2) is 0 Å². The van der Waals surface area contributed by atoms with Crippen LogP contribution < -0.4 is 10.6 Å². The zero-order valence-corrected chi connectivity index (χ0v) is 35.2. The molecule has 1 rings (SSSR count). The second kappa shape index (κ2) is 23.0. The molecule has 304 valence electrons. The normalized spacial score (nSPS) is 20.5. The molecule has 12 nitrogen and oxygen atoms in total. The van der Waals surface area contributed by atoms with Crippen LogP contribution in [0.25, 0.3) is 0 Å². The number of methoxy groups -OCH3 is 2. The Bertz CT molecular complexity index is 1240. The minimum Gasteiger partial charge on any atom is -0.386 e. The molecule has 1 aliphatic heterocycles. The van der Waals surface area contributed by atoms with Crippen LogP contribution in [0.5, 0.6) is 0 Å². The number of hydrogen-bond acceptors (Lipinski definition) is 8. The summed E-state index contributed by atoms with van der Waals surface area (Å²) in [6, 6.07) is -2.55. The second-order valence-electron chi connectivity index (χ2n) is 15.6. The Hall–Kier alpha value is -3.06. The van der Waals surface area contributed by atoms with Crippen LogP contribution in [-0.4, -0.2) is 134 Å². The highest BCUT2D eigenvalue weighted by atomic mass is 16.5.